The van der Waals surface area contributed by atoms with E-state index in [9.17, 15) is 4.79 Å². The van der Waals surface area contributed by atoms with Gasteiger partial charge in [0.1, 0.15) is 0 Å². The first-order chi connectivity index (χ1) is 8.56. The van der Waals surface area contributed by atoms with Gasteiger partial charge in [0.25, 0.3) is 0 Å². The van der Waals surface area contributed by atoms with Crippen LogP contribution in [-0.4, -0.2) is 29.5 Å². The Hall–Kier alpha value is 0.0700. The van der Waals surface area contributed by atoms with Crippen LogP contribution in [0.5, 0.6) is 0 Å². The first kappa shape index (κ1) is 19.1. The Balaban J connectivity index is 0.00000324. The minimum absolute atomic E-state index is 0. The van der Waals surface area contributed by atoms with E-state index in [2.05, 4.69) is 25.4 Å². The molecule has 0 aliphatic heterocycles. The molecule has 0 aromatic carbocycles. The van der Waals surface area contributed by atoms with Crippen LogP contribution in [-0.2, 0) is 4.79 Å². The van der Waals surface area contributed by atoms with Gasteiger partial charge in [0.05, 0.1) is 0 Å². The standard InChI is InChI=1S/C14H28N2OS.ClH/c1-4-14(5-2,18-3)10-16-13(17)9-11-7-6-8-12(11)15;/h11-12H,4-10,15H2,1-3H3,(H,16,17);1H/t11-,12+;/m0./s1. The maximum absolute atomic E-state index is 12.0. The van der Waals surface area contributed by atoms with Gasteiger partial charge in [-0.1, -0.05) is 20.3 Å². The molecule has 1 amide bonds. The molecule has 1 aliphatic rings. The molecule has 19 heavy (non-hydrogen) atoms. The molecule has 0 aromatic heterocycles. The van der Waals surface area contributed by atoms with Crippen molar-refractivity contribution in [2.45, 2.75) is 63.2 Å². The molecule has 0 aromatic rings. The van der Waals surface area contributed by atoms with Crippen LogP contribution >= 0.6 is 24.2 Å². The fourth-order valence-corrected chi connectivity index (χ4v) is 3.54. The molecule has 5 heteroatoms. The van der Waals surface area contributed by atoms with Crippen molar-refractivity contribution in [2.75, 3.05) is 12.8 Å². The van der Waals surface area contributed by atoms with Gasteiger partial charge in [-0.15, -0.1) is 12.4 Å². The lowest BCUT2D eigenvalue weighted by Gasteiger charge is -2.30. The number of carbonyl (C=O) groups excluding carboxylic acids is 1. The first-order valence-electron chi connectivity index (χ1n) is 7.14. The van der Waals surface area contributed by atoms with E-state index in [4.69, 9.17) is 5.73 Å². The maximum atomic E-state index is 12.0. The number of rotatable bonds is 7. The Morgan fingerprint density at radius 2 is 2.00 bits per heavy atom. The summed E-state index contributed by atoms with van der Waals surface area (Å²) in [6.45, 7) is 5.17. The van der Waals surface area contributed by atoms with Crippen molar-refractivity contribution in [3.63, 3.8) is 0 Å². The largest absolute Gasteiger partial charge is 0.355 e. The van der Waals surface area contributed by atoms with Gasteiger partial charge in [-0.25, -0.2) is 0 Å². The first-order valence-corrected chi connectivity index (χ1v) is 8.36. The lowest BCUT2D eigenvalue weighted by Crippen LogP contribution is -2.41. The number of nitrogens with two attached hydrogens (primary N) is 1. The summed E-state index contributed by atoms with van der Waals surface area (Å²) in [6.07, 6.45) is 8.30. The van der Waals surface area contributed by atoms with E-state index in [1.165, 1.54) is 6.42 Å². The van der Waals surface area contributed by atoms with Crippen LogP contribution in [0.3, 0.4) is 0 Å². The molecular formula is C14H29ClN2OS. The van der Waals surface area contributed by atoms with E-state index in [0.29, 0.717) is 12.3 Å². The molecule has 0 unspecified atom stereocenters. The summed E-state index contributed by atoms with van der Waals surface area (Å²) in [5, 5.41) is 3.11. The van der Waals surface area contributed by atoms with Gasteiger partial charge < -0.3 is 11.1 Å². The molecule has 1 rings (SSSR count). The summed E-state index contributed by atoms with van der Waals surface area (Å²) < 4.78 is 0.202. The van der Waals surface area contributed by atoms with Crippen LogP contribution in [0, 0.1) is 5.92 Å². The third-order valence-electron chi connectivity index (χ3n) is 4.49. The summed E-state index contributed by atoms with van der Waals surface area (Å²) in [5.41, 5.74) is 6.00. The number of halogens is 1. The fourth-order valence-electron chi connectivity index (χ4n) is 2.75. The number of hydrogen-bond donors (Lipinski definition) is 2. The highest BCUT2D eigenvalue weighted by Crippen LogP contribution is 2.30. The zero-order valence-electron chi connectivity index (χ0n) is 12.4. The number of thioether (sulfide) groups is 1. The van der Waals surface area contributed by atoms with E-state index in [1.54, 1.807) is 0 Å². The normalized spacial score (nSPS) is 22.9. The molecule has 2 atom stereocenters. The quantitative estimate of drug-likeness (QED) is 0.760. The molecule has 0 bridgehead atoms. The maximum Gasteiger partial charge on any atom is 0.220 e. The van der Waals surface area contributed by atoms with Gasteiger partial charge in [-0.05, 0) is 37.9 Å². The topological polar surface area (TPSA) is 55.1 Å². The minimum atomic E-state index is 0. The number of amides is 1. The zero-order chi connectivity index (χ0) is 13.6. The Kier molecular flexibility index (Phi) is 9.12. The number of carbonyl (C=O) groups is 1. The van der Waals surface area contributed by atoms with Crippen molar-refractivity contribution >= 4 is 30.1 Å². The van der Waals surface area contributed by atoms with E-state index in [0.717, 1.165) is 32.2 Å². The minimum Gasteiger partial charge on any atom is -0.355 e. The Labute approximate surface area is 128 Å². The summed E-state index contributed by atoms with van der Waals surface area (Å²) in [7, 11) is 0. The molecule has 0 saturated heterocycles. The average Bonchev–Trinajstić information content (AvgIpc) is 2.77. The Morgan fingerprint density at radius 3 is 2.42 bits per heavy atom. The second-order valence-electron chi connectivity index (χ2n) is 5.43. The van der Waals surface area contributed by atoms with E-state index in [-0.39, 0.29) is 29.1 Å². The lowest BCUT2D eigenvalue weighted by molar-refractivity contribution is -0.122. The highest BCUT2D eigenvalue weighted by atomic mass is 35.5. The van der Waals surface area contributed by atoms with Crippen LogP contribution < -0.4 is 11.1 Å². The van der Waals surface area contributed by atoms with Crippen molar-refractivity contribution in [3.05, 3.63) is 0 Å². The monoisotopic (exact) mass is 308 g/mol. The van der Waals surface area contributed by atoms with Crippen molar-refractivity contribution < 1.29 is 4.79 Å². The van der Waals surface area contributed by atoms with Crippen LogP contribution in [0.25, 0.3) is 0 Å². The van der Waals surface area contributed by atoms with Crippen LogP contribution in [0.4, 0.5) is 0 Å². The lowest BCUT2D eigenvalue weighted by atomic mass is 9.99. The molecule has 1 saturated carbocycles. The second-order valence-corrected chi connectivity index (χ2v) is 6.70. The fraction of sp³-hybridized carbons (Fsp3) is 0.929. The Bertz CT molecular complexity index is 264. The zero-order valence-corrected chi connectivity index (χ0v) is 14.0. The summed E-state index contributed by atoms with van der Waals surface area (Å²) >= 11 is 1.86. The third kappa shape index (κ3) is 5.52. The molecule has 0 spiro atoms. The smallest absolute Gasteiger partial charge is 0.220 e. The van der Waals surface area contributed by atoms with Gasteiger partial charge >= 0.3 is 0 Å². The van der Waals surface area contributed by atoms with E-state index in [1.807, 2.05) is 11.8 Å². The SMILES string of the molecule is CCC(CC)(CNC(=O)C[C@@H]1CCC[C@H]1N)SC.Cl. The third-order valence-corrected chi connectivity index (χ3v) is 6.08. The predicted octanol–water partition coefficient (Wildman–Crippen LogP) is 2.96. The van der Waals surface area contributed by atoms with Gasteiger partial charge in [0.15, 0.2) is 0 Å². The van der Waals surface area contributed by atoms with Crippen LogP contribution in [0.2, 0.25) is 0 Å². The molecule has 1 aliphatic carbocycles. The predicted molar refractivity (Wildman–Crippen MR) is 87.0 cm³/mol. The Morgan fingerprint density at radius 1 is 1.37 bits per heavy atom. The summed E-state index contributed by atoms with van der Waals surface area (Å²) in [5.74, 6) is 0.578. The van der Waals surface area contributed by atoms with Gasteiger partial charge in [0.2, 0.25) is 5.91 Å². The molecule has 3 N–H and O–H groups in total. The van der Waals surface area contributed by atoms with Crippen molar-refractivity contribution in [1.29, 1.82) is 0 Å². The van der Waals surface area contributed by atoms with Crippen LogP contribution in [0.15, 0.2) is 0 Å². The molecular weight excluding hydrogens is 280 g/mol. The summed E-state index contributed by atoms with van der Waals surface area (Å²) in [6, 6.07) is 0.235. The highest BCUT2D eigenvalue weighted by molar-refractivity contribution is 8.00. The number of hydrogen-bond acceptors (Lipinski definition) is 3. The van der Waals surface area contributed by atoms with Crippen molar-refractivity contribution in [2.24, 2.45) is 11.7 Å². The van der Waals surface area contributed by atoms with Gasteiger partial charge in [0, 0.05) is 23.8 Å². The average molecular weight is 309 g/mol. The van der Waals surface area contributed by atoms with E-state index < -0.39 is 0 Å². The molecule has 0 radical (unpaired) electrons. The van der Waals surface area contributed by atoms with Gasteiger partial charge in [-0.3, -0.25) is 4.79 Å². The number of nitrogens with one attached hydrogen (secondary N) is 1. The van der Waals surface area contributed by atoms with Gasteiger partial charge in [-0.2, -0.15) is 11.8 Å². The highest BCUT2D eigenvalue weighted by Gasteiger charge is 2.28. The van der Waals surface area contributed by atoms with Crippen molar-refractivity contribution in [3.8, 4) is 0 Å². The molecule has 114 valence electrons. The van der Waals surface area contributed by atoms with E-state index >= 15 is 0 Å². The second kappa shape index (κ2) is 9.09. The van der Waals surface area contributed by atoms with Crippen LogP contribution in [0.1, 0.15) is 52.4 Å². The molecule has 0 heterocycles. The molecule has 1 fully saturated rings. The molecule has 3 nitrogen and oxygen atoms in total. The van der Waals surface area contributed by atoms with Crippen molar-refractivity contribution in [1.82, 2.24) is 5.32 Å². The summed E-state index contributed by atoms with van der Waals surface area (Å²) in [4.78, 5) is 12.0.